The first kappa shape index (κ1) is 15.1. The number of rotatable bonds is 1. The summed E-state index contributed by atoms with van der Waals surface area (Å²) in [6.45, 7) is 0. The number of nitrogens with zero attached hydrogens (tertiary/aromatic N) is 1. The third kappa shape index (κ3) is 2.76. The molecule has 1 atom stereocenters. The number of ether oxygens (including phenoxy) is 1. The second kappa shape index (κ2) is 6.10. The Morgan fingerprint density at radius 3 is 2.48 bits per heavy atom. The zero-order valence-corrected chi connectivity index (χ0v) is 12.7. The summed E-state index contributed by atoms with van der Waals surface area (Å²) in [5.74, 6) is 0. The fourth-order valence-corrected chi connectivity index (χ4v) is 2.89. The topological polar surface area (TPSA) is 84.7 Å². The lowest BCUT2D eigenvalue weighted by Crippen LogP contribution is -2.43. The molecule has 0 fully saturated rings. The highest BCUT2D eigenvalue weighted by Gasteiger charge is 2.30. The summed E-state index contributed by atoms with van der Waals surface area (Å²) in [6.07, 6.45) is 0.447. The molecule has 0 bridgehead atoms. The summed E-state index contributed by atoms with van der Waals surface area (Å²) in [5.41, 5.74) is 8.32. The van der Waals surface area contributed by atoms with Gasteiger partial charge in [-0.1, -0.05) is 36.4 Å². The van der Waals surface area contributed by atoms with Crippen LogP contribution in [-0.2, 0) is 11.2 Å². The Morgan fingerprint density at radius 1 is 1.13 bits per heavy atom. The van der Waals surface area contributed by atoms with Crippen LogP contribution in [0.2, 0.25) is 0 Å². The van der Waals surface area contributed by atoms with Crippen molar-refractivity contribution in [2.24, 2.45) is 5.73 Å². The van der Waals surface area contributed by atoms with Gasteiger partial charge in [-0.15, -0.1) is 0 Å². The van der Waals surface area contributed by atoms with Gasteiger partial charge in [-0.25, -0.2) is 9.59 Å². The molecule has 3 N–H and O–H groups in total. The lowest BCUT2D eigenvalue weighted by molar-refractivity contribution is 0.105. The number of hydrogen-bond acceptors (Lipinski definition) is 3. The van der Waals surface area contributed by atoms with Gasteiger partial charge < -0.3 is 10.5 Å². The van der Waals surface area contributed by atoms with Gasteiger partial charge in [-0.3, -0.25) is 10.2 Å². The maximum absolute atomic E-state index is 12.6. The van der Waals surface area contributed by atoms with E-state index in [1.165, 1.54) is 4.90 Å². The van der Waals surface area contributed by atoms with Crippen LogP contribution in [0, 0.1) is 0 Å². The molecule has 2 aromatic rings. The zero-order valence-electron chi connectivity index (χ0n) is 12.7. The number of urea groups is 2. The minimum atomic E-state index is -0.891. The van der Waals surface area contributed by atoms with E-state index < -0.39 is 12.1 Å². The van der Waals surface area contributed by atoms with E-state index in [4.69, 9.17) is 10.5 Å². The van der Waals surface area contributed by atoms with Gasteiger partial charge in [0.2, 0.25) is 0 Å². The smallest absolute Gasteiger partial charge is 0.334 e. The maximum Gasteiger partial charge on any atom is 0.334 e. The van der Waals surface area contributed by atoms with Gasteiger partial charge in [0.05, 0.1) is 17.5 Å². The third-order valence-electron chi connectivity index (χ3n) is 3.88. The second-order valence-corrected chi connectivity index (χ2v) is 5.25. The zero-order chi connectivity index (χ0) is 16.4. The van der Waals surface area contributed by atoms with E-state index in [9.17, 15) is 9.59 Å². The molecule has 1 aliphatic heterocycles. The van der Waals surface area contributed by atoms with Crippen molar-refractivity contribution in [3.05, 3.63) is 59.7 Å². The molecule has 6 nitrogen and oxygen atoms in total. The number of methoxy groups -OCH3 is 1. The SMILES string of the molecule is COC1Cc2ccccc2N(C(=O)NC(N)=O)c2ccccc21. The molecule has 0 aromatic heterocycles. The molecule has 3 rings (SSSR count). The Kier molecular flexibility index (Phi) is 3.99. The minimum Gasteiger partial charge on any atom is -0.376 e. The van der Waals surface area contributed by atoms with E-state index in [1.807, 2.05) is 48.5 Å². The number of imide groups is 1. The van der Waals surface area contributed by atoms with Gasteiger partial charge in [0.15, 0.2) is 0 Å². The number of para-hydroxylation sites is 2. The van der Waals surface area contributed by atoms with Crippen LogP contribution in [0.15, 0.2) is 48.5 Å². The summed E-state index contributed by atoms with van der Waals surface area (Å²) >= 11 is 0. The molecule has 2 aromatic carbocycles. The predicted molar refractivity (Wildman–Crippen MR) is 86.6 cm³/mol. The number of carbonyl (C=O) groups is 2. The fourth-order valence-electron chi connectivity index (χ4n) is 2.89. The van der Waals surface area contributed by atoms with Crippen LogP contribution in [-0.4, -0.2) is 19.2 Å². The van der Waals surface area contributed by atoms with Crippen molar-refractivity contribution in [2.45, 2.75) is 12.5 Å². The van der Waals surface area contributed by atoms with Crippen molar-refractivity contribution in [1.29, 1.82) is 0 Å². The first-order chi connectivity index (χ1) is 11.1. The van der Waals surface area contributed by atoms with Gasteiger partial charge in [-0.05, 0) is 17.7 Å². The fraction of sp³-hybridized carbons (Fsp3) is 0.176. The number of fused-ring (bicyclic) bond motifs is 2. The summed E-state index contributed by atoms with van der Waals surface area (Å²) in [4.78, 5) is 25.1. The van der Waals surface area contributed by atoms with Crippen LogP contribution in [0.5, 0.6) is 0 Å². The van der Waals surface area contributed by atoms with Crippen LogP contribution in [0.3, 0.4) is 0 Å². The number of amides is 4. The first-order valence-corrected chi connectivity index (χ1v) is 7.22. The predicted octanol–water partition coefficient (Wildman–Crippen LogP) is 2.86. The molecule has 4 amide bonds. The Bertz CT molecular complexity index is 760. The Morgan fingerprint density at radius 2 is 1.78 bits per heavy atom. The average molecular weight is 311 g/mol. The summed E-state index contributed by atoms with van der Waals surface area (Å²) in [7, 11) is 1.64. The quantitative estimate of drug-likeness (QED) is 0.849. The molecule has 118 valence electrons. The van der Waals surface area contributed by atoms with Crippen molar-refractivity contribution in [3.8, 4) is 0 Å². The van der Waals surface area contributed by atoms with Crippen molar-refractivity contribution < 1.29 is 14.3 Å². The number of anilines is 2. The minimum absolute atomic E-state index is 0.182. The molecule has 0 aliphatic carbocycles. The molecular weight excluding hydrogens is 294 g/mol. The van der Waals surface area contributed by atoms with Gasteiger partial charge in [0.1, 0.15) is 0 Å². The van der Waals surface area contributed by atoms with E-state index in [0.717, 1.165) is 11.1 Å². The molecule has 0 saturated heterocycles. The second-order valence-electron chi connectivity index (χ2n) is 5.25. The van der Waals surface area contributed by atoms with Crippen LogP contribution in [0.4, 0.5) is 21.0 Å². The molecule has 23 heavy (non-hydrogen) atoms. The molecule has 6 heteroatoms. The van der Waals surface area contributed by atoms with Crippen molar-refractivity contribution in [1.82, 2.24) is 5.32 Å². The summed E-state index contributed by atoms with van der Waals surface area (Å²) < 4.78 is 5.61. The highest BCUT2D eigenvalue weighted by molar-refractivity contribution is 6.07. The van der Waals surface area contributed by atoms with E-state index >= 15 is 0 Å². The van der Waals surface area contributed by atoms with Gasteiger partial charge in [0, 0.05) is 19.1 Å². The lowest BCUT2D eigenvalue weighted by atomic mass is 10.0. The molecular formula is C17H17N3O3. The standard InChI is InChI=1S/C17H17N3O3/c1-23-15-10-11-6-2-4-8-13(11)20(17(22)19-16(18)21)14-9-5-3-7-12(14)15/h2-9,15H,10H2,1H3,(H3,18,19,21,22). The van der Waals surface area contributed by atoms with E-state index in [2.05, 4.69) is 5.32 Å². The van der Waals surface area contributed by atoms with Crippen LogP contribution < -0.4 is 16.0 Å². The Labute approximate surface area is 133 Å². The van der Waals surface area contributed by atoms with Crippen molar-refractivity contribution in [2.75, 3.05) is 12.0 Å². The van der Waals surface area contributed by atoms with Crippen LogP contribution in [0.25, 0.3) is 0 Å². The summed E-state index contributed by atoms with van der Waals surface area (Å²) in [5, 5.41) is 2.14. The molecule has 0 radical (unpaired) electrons. The number of nitrogens with two attached hydrogens (primary N) is 1. The van der Waals surface area contributed by atoms with Gasteiger partial charge >= 0.3 is 12.1 Å². The van der Waals surface area contributed by atoms with Gasteiger partial charge in [-0.2, -0.15) is 0 Å². The third-order valence-corrected chi connectivity index (χ3v) is 3.88. The molecule has 1 unspecified atom stereocenters. The lowest BCUT2D eigenvalue weighted by Gasteiger charge is -2.24. The van der Waals surface area contributed by atoms with Crippen LogP contribution in [0.1, 0.15) is 17.2 Å². The Balaban J connectivity index is 2.20. The first-order valence-electron chi connectivity index (χ1n) is 7.22. The number of carbonyl (C=O) groups excluding carboxylic acids is 2. The van der Waals surface area contributed by atoms with Crippen molar-refractivity contribution >= 4 is 23.4 Å². The molecule has 0 spiro atoms. The van der Waals surface area contributed by atoms with E-state index in [-0.39, 0.29) is 6.10 Å². The number of primary amides is 1. The van der Waals surface area contributed by atoms with E-state index in [1.54, 1.807) is 7.11 Å². The number of benzene rings is 2. The molecule has 1 aliphatic rings. The van der Waals surface area contributed by atoms with Crippen LogP contribution >= 0.6 is 0 Å². The highest BCUT2D eigenvalue weighted by atomic mass is 16.5. The largest absolute Gasteiger partial charge is 0.376 e. The summed E-state index contributed by atoms with van der Waals surface area (Å²) in [6, 6.07) is 13.5. The normalized spacial score (nSPS) is 16.0. The van der Waals surface area contributed by atoms with Gasteiger partial charge in [0.25, 0.3) is 0 Å². The average Bonchev–Trinajstić information content (AvgIpc) is 2.68. The number of hydrogen-bond donors (Lipinski definition) is 2. The molecule has 0 saturated carbocycles. The molecule has 1 heterocycles. The highest BCUT2D eigenvalue weighted by Crippen LogP contribution is 2.41. The van der Waals surface area contributed by atoms with E-state index in [0.29, 0.717) is 17.8 Å². The Hall–Kier alpha value is -2.86. The monoisotopic (exact) mass is 311 g/mol. The van der Waals surface area contributed by atoms with Crippen molar-refractivity contribution in [3.63, 3.8) is 0 Å². The maximum atomic E-state index is 12.6. The number of nitrogens with one attached hydrogen (secondary N) is 1.